The Morgan fingerprint density at radius 1 is 1.19 bits per heavy atom. The predicted molar refractivity (Wildman–Crippen MR) is 102 cm³/mol. The molecule has 1 aromatic carbocycles. The van der Waals surface area contributed by atoms with Crippen molar-refractivity contribution in [1.82, 2.24) is 14.9 Å². The van der Waals surface area contributed by atoms with Gasteiger partial charge in [0.15, 0.2) is 0 Å². The Labute approximate surface area is 151 Å². The molecular formula is C20H20N4O2. The van der Waals surface area contributed by atoms with Crippen LogP contribution in [0.3, 0.4) is 0 Å². The second-order valence-corrected chi connectivity index (χ2v) is 6.62. The summed E-state index contributed by atoms with van der Waals surface area (Å²) < 4.78 is 5.57. The van der Waals surface area contributed by atoms with E-state index < -0.39 is 0 Å². The summed E-state index contributed by atoms with van der Waals surface area (Å²) in [6, 6.07) is 9.33. The van der Waals surface area contributed by atoms with Crippen molar-refractivity contribution >= 4 is 16.7 Å². The first kappa shape index (κ1) is 16.3. The van der Waals surface area contributed by atoms with Crippen LogP contribution in [0.1, 0.15) is 5.56 Å². The monoisotopic (exact) mass is 348 g/mol. The largest absolute Gasteiger partial charge is 0.403 e. The molecule has 0 radical (unpaired) electrons. The molecule has 6 heteroatoms. The van der Waals surface area contributed by atoms with E-state index in [1.807, 2.05) is 51.4 Å². The number of rotatable bonds is 3. The number of pyridine rings is 1. The second kappa shape index (κ2) is 6.29. The van der Waals surface area contributed by atoms with E-state index >= 15 is 0 Å². The number of hydrogen-bond acceptors (Lipinski definition) is 6. The van der Waals surface area contributed by atoms with Crippen LogP contribution in [0.15, 0.2) is 57.5 Å². The molecule has 2 aromatic heterocycles. The second-order valence-electron chi connectivity index (χ2n) is 6.62. The quantitative estimate of drug-likeness (QED) is 0.725. The van der Waals surface area contributed by atoms with Gasteiger partial charge in [-0.15, -0.1) is 0 Å². The molecule has 3 aromatic rings. The third-order valence-corrected chi connectivity index (χ3v) is 4.66. The summed E-state index contributed by atoms with van der Waals surface area (Å²) in [6.45, 7) is 3.40. The number of nitrogens with zero attached hydrogens (tertiary/aromatic N) is 4. The average molecular weight is 348 g/mol. The van der Waals surface area contributed by atoms with Gasteiger partial charge in [0.25, 0.3) is 0 Å². The number of benzene rings is 1. The summed E-state index contributed by atoms with van der Waals surface area (Å²) in [4.78, 5) is 25.9. The number of aromatic nitrogens is 2. The number of anilines is 1. The summed E-state index contributed by atoms with van der Waals surface area (Å²) >= 11 is 0. The van der Waals surface area contributed by atoms with E-state index in [1.54, 1.807) is 6.20 Å². The summed E-state index contributed by atoms with van der Waals surface area (Å²) in [6.07, 6.45) is 3.92. The van der Waals surface area contributed by atoms with Crippen LogP contribution < -0.4 is 10.5 Å². The van der Waals surface area contributed by atoms with Gasteiger partial charge in [-0.05, 0) is 36.8 Å². The Morgan fingerprint density at radius 3 is 2.81 bits per heavy atom. The first-order valence-corrected chi connectivity index (χ1v) is 8.52. The highest BCUT2D eigenvalue weighted by Crippen LogP contribution is 2.30. The van der Waals surface area contributed by atoms with Crippen molar-refractivity contribution < 1.29 is 4.42 Å². The van der Waals surface area contributed by atoms with Crippen molar-refractivity contribution in [1.29, 1.82) is 0 Å². The number of likely N-dealkylation sites (N-methyl/N-ethyl adjacent to an activating group) is 1. The molecule has 0 aliphatic carbocycles. The van der Waals surface area contributed by atoms with Gasteiger partial charge in [-0.3, -0.25) is 0 Å². The zero-order valence-corrected chi connectivity index (χ0v) is 15.1. The van der Waals surface area contributed by atoms with Gasteiger partial charge in [0.2, 0.25) is 5.89 Å². The first-order valence-electron chi connectivity index (χ1n) is 8.52. The van der Waals surface area contributed by atoms with Crippen LogP contribution in [0.25, 0.3) is 22.4 Å². The lowest BCUT2D eigenvalue weighted by atomic mass is 10.1. The molecule has 0 unspecified atom stereocenters. The van der Waals surface area contributed by atoms with E-state index in [4.69, 9.17) is 4.42 Å². The fourth-order valence-corrected chi connectivity index (χ4v) is 3.24. The van der Waals surface area contributed by atoms with E-state index in [-0.39, 0.29) is 5.63 Å². The first-order chi connectivity index (χ1) is 12.5. The maximum absolute atomic E-state index is 12.5. The molecule has 132 valence electrons. The standard InChI is InChI=1S/C20H20N4O2/c1-13-6-4-8-16-17(13)20(25)26-19(22-16)15-7-5-10-21-18(15)24-11-9-14(12-24)23(2)3/h4-10H,11-12H2,1-3H3. The smallest absolute Gasteiger partial charge is 0.347 e. The fraction of sp³-hybridized carbons (Fsp3) is 0.250. The average Bonchev–Trinajstić information content (AvgIpc) is 3.12. The van der Waals surface area contributed by atoms with Crippen molar-refractivity contribution in [3.05, 3.63) is 64.3 Å². The van der Waals surface area contributed by atoms with Crippen molar-refractivity contribution in [2.75, 3.05) is 32.1 Å². The maximum Gasteiger partial charge on any atom is 0.347 e. The van der Waals surface area contributed by atoms with Gasteiger partial charge < -0.3 is 14.2 Å². The molecule has 1 aliphatic heterocycles. The topological polar surface area (TPSA) is 62.5 Å². The molecule has 6 nitrogen and oxygen atoms in total. The minimum Gasteiger partial charge on any atom is -0.403 e. The van der Waals surface area contributed by atoms with Gasteiger partial charge in [0, 0.05) is 32.5 Å². The van der Waals surface area contributed by atoms with Gasteiger partial charge in [0.05, 0.1) is 23.0 Å². The lowest BCUT2D eigenvalue weighted by molar-refractivity contribution is 0.507. The SMILES string of the molecule is Cc1cccc2nc(-c3cccnc3N3CC=C(N(C)C)C3)oc(=O)c12. The molecule has 0 fully saturated rings. The third kappa shape index (κ3) is 2.73. The van der Waals surface area contributed by atoms with Crippen LogP contribution in [0, 0.1) is 6.92 Å². The lowest BCUT2D eigenvalue weighted by Crippen LogP contribution is -2.25. The van der Waals surface area contributed by atoms with Gasteiger partial charge in [0.1, 0.15) is 5.82 Å². The van der Waals surface area contributed by atoms with Crippen LogP contribution >= 0.6 is 0 Å². The Bertz CT molecular complexity index is 1070. The number of fused-ring (bicyclic) bond motifs is 1. The van der Waals surface area contributed by atoms with E-state index in [1.165, 1.54) is 5.70 Å². The number of aryl methyl sites for hydroxylation is 1. The molecule has 0 spiro atoms. The molecule has 0 atom stereocenters. The minimum atomic E-state index is -0.369. The van der Waals surface area contributed by atoms with Crippen molar-refractivity contribution in [2.24, 2.45) is 0 Å². The zero-order valence-electron chi connectivity index (χ0n) is 15.1. The van der Waals surface area contributed by atoms with Gasteiger partial charge in [-0.25, -0.2) is 14.8 Å². The summed E-state index contributed by atoms with van der Waals surface area (Å²) in [5.74, 6) is 1.07. The van der Waals surface area contributed by atoms with Gasteiger partial charge in [-0.1, -0.05) is 12.1 Å². The van der Waals surface area contributed by atoms with Gasteiger partial charge in [-0.2, -0.15) is 0 Å². The molecular weight excluding hydrogens is 328 g/mol. The molecule has 4 rings (SSSR count). The molecule has 0 amide bonds. The highest BCUT2D eigenvalue weighted by atomic mass is 16.4. The van der Waals surface area contributed by atoms with Crippen molar-refractivity contribution in [2.45, 2.75) is 6.92 Å². The van der Waals surface area contributed by atoms with Crippen LogP contribution in [-0.4, -0.2) is 42.1 Å². The van der Waals surface area contributed by atoms with Crippen molar-refractivity contribution in [3.8, 4) is 11.5 Å². The third-order valence-electron chi connectivity index (χ3n) is 4.66. The molecule has 1 aliphatic rings. The fourth-order valence-electron chi connectivity index (χ4n) is 3.24. The Balaban J connectivity index is 1.81. The van der Waals surface area contributed by atoms with E-state index in [0.29, 0.717) is 16.8 Å². The van der Waals surface area contributed by atoms with Crippen LogP contribution in [0.2, 0.25) is 0 Å². The molecule has 0 saturated heterocycles. The molecule has 0 N–H and O–H groups in total. The van der Waals surface area contributed by atoms with Crippen LogP contribution in [-0.2, 0) is 0 Å². The zero-order chi connectivity index (χ0) is 18.3. The maximum atomic E-state index is 12.5. The number of hydrogen-bond donors (Lipinski definition) is 0. The predicted octanol–water partition coefficient (Wildman–Crippen LogP) is 2.82. The van der Waals surface area contributed by atoms with Crippen LogP contribution in [0.5, 0.6) is 0 Å². The Hall–Kier alpha value is -3.15. The summed E-state index contributed by atoms with van der Waals surface area (Å²) in [5.41, 5.74) is 3.08. The lowest BCUT2D eigenvalue weighted by Gasteiger charge is -2.21. The molecule has 0 bridgehead atoms. The summed E-state index contributed by atoms with van der Waals surface area (Å²) in [5, 5.41) is 0.527. The molecule has 26 heavy (non-hydrogen) atoms. The van der Waals surface area contributed by atoms with E-state index in [0.717, 1.165) is 30.0 Å². The Kier molecular flexibility index (Phi) is 3.95. The summed E-state index contributed by atoms with van der Waals surface area (Å²) in [7, 11) is 4.06. The highest BCUT2D eigenvalue weighted by molar-refractivity contribution is 5.83. The van der Waals surface area contributed by atoms with E-state index in [2.05, 4.69) is 25.8 Å². The van der Waals surface area contributed by atoms with Gasteiger partial charge >= 0.3 is 5.63 Å². The molecule has 3 heterocycles. The normalized spacial score (nSPS) is 14.0. The van der Waals surface area contributed by atoms with Crippen LogP contribution in [0.4, 0.5) is 5.82 Å². The van der Waals surface area contributed by atoms with E-state index in [9.17, 15) is 4.79 Å². The van der Waals surface area contributed by atoms with Crippen molar-refractivity contribution in [3.63, 3.8) is 0 Å². The highest BCUT2D eigenvalue weighted by Gasteiger charge is 2.22. The Morgan fingerprint density at radius 2 is 2.04 bits per heavy atom. The molecule has 0 saturated carbocycles. The minimum absolute atomic E-state index is 0.300.